The van der Waals surface area contributed by atoms with E-state index in [4.69, 9.17) is 16.3 Å². The molecule has 2 unspecified atom stereocenters. The first kappa shape index (κ1) is 21.9. The van der Waals surface area contributed by atoms with Gasteiger partial charge in [-0.1, -0.05) is 36.6 Å². The Balaban J connectivity index is 1.33. The van der Waals surface area contributed by atoms with Crippen molar-refractivity contribution in [2.24, 2.45) is 4.99 Å². The lowest BCUT2D eigenvalue weighted by Gasteiger charge is -2.35. The van der Waals surface area contributed by atoms with Crippen molar-refractivity contribution in [3.05, 3.63) is 34.9 Å². The zero-order valence-corrected chi connectivity index (χ0v) is 18.9. The van der Waals surface area contributed by atoms with Crippen LogP contribution in [0.3, 0.4) is 0 Å². The molecular weight excluding hydrogens is 398 g/mol. The van der Waals surface area contributed by atoms with E-state index in [2.05, 4.69) is 37.6 Å². The summed E-state index contributed by atoms with van der Waals surface area (Å²) in [4.78, 5) is 9.68. The summed E-state index contributed by atoms with van der Waals surface area (Å²) in [6.45, 7) is 6.61. The van der Waals surface area contributed by atoms with Crippen molar-refractivity contribution in [2.45, 2.75) is 50.2 Å². The zero-order chi connectivity index (χ0) is 20.8. The van der Waals surface area contributed by atoms with Gasteiger partial charge in [0.25, 0.3) is 0 Å². The Kier molecular flexibility index (Phi) is 7.88. The number of aliphatic imine (C=N–C) groups is 1. The molecule has 0 aromatic heterocycles. The number of morpholine rings is 1. The third-order valence-electron chi connectivity index (χ3n) is 6.83. The van der Waals surface area contributed by atoms with E-state index in [0.717, 1.165) is 56.4 Å². The largest absolute Gasteiger partial charge is 0.379 e. The van der Waals surface area contributed by atoms with Crippen molar-refractivity contribution in [3.8, 4) is 0 Å². The van der Waals surface area contributed by atoms with Crippen LogP contribution in [0, 0.1) is 0 Å². The molecule has 6 nitrogen and oxygen atoms in total. The smallest absolute Gasteiger partial charge is 0.191 e. The van der Waals surface area contributed by atoms with Gasteiger partial charge in [-0.3, -0.25) is 14.8 Å². The number of likely N-dealkylation sites (tertiary alicyclic amines) is 1. The van der Waals surface area contributed by atoms with Crippen molar-refractivity contribution in [3.63, 3.8) is 0 Å². The Labute approximate surface area is 186 Å². The molecule has 30 heavy (non-hydrogen) atoms. The molecule has 2 saturated heterocycles. The summed E-state index contributed by atoms with van der Waals surface area (Å²) in [6, 6.07) is 9.79. The van der Waals surface area contributed by atoms with E-state index < -0.39 is 0 Å². The molecule has 0 radical (unpaired) electrons. The molecule has 166 valence electrons. The van der Waals surface area contributed by atoms with Gasteiger partial charge in [0.05, 0.1) is 19.3 Å². The van der Waals surface area contributed by atoms with Gasteiger partial charge in [-0.2, -0.15) is 0 Å². The molecule has 0 bridgehead atoms. The molecule has 4 rings (SSSR count). The summed E-state index contributed by atoms with van der Waals surface area (Å²) in [5.41, 5.74) is 1.28. The number of benzene rings is 1. The monoisotopic (exact) mass is 433 g/mol. The minimum atomic E-state index is 0.267. The SMILES string of the molecule is CN=C(NCC(c1ccc(Cl)cc1)N1CCOCC1)NC1CCN(C2CCCC2)C1. The summed E-state index contributed by atoms with van der Waals surface area (Å²) >= 11 is 6.12. The fourth-order valence-electron chi connectivity index (χ4n) is 5.12. The van der Waals surface area contributed by atoms with Gasteiger partial charge in [0.2, 0.25) is 0 Å². The molecule has 2 N–H and O–H groups in total. The number of nitrogens with zero attached hydrogens (tertiary/aromatic N) is 3. The van der Waals surface area contributed by atoms with Gasteiger partial charge in [0, 0.05) is 56.9 Å². The van der Waals surface area contributed by atoms with Gasteiger partial charge in [0.1, 0.15) is 0 Å². The first-order valence-corrected chi connectivity index (χ1v) is 11.9. The summed E-state index contributed by atoms with van der Waals surface area (Å²) in [5, 5.41) is 8.04. The fourth-order valence-corrected chi connectivity index (χ4v) is 5.25. The number of ether oxygens (including phenoxy) is 1. The molecule has 2 aliphatic heterocycles. The molecule has 0 amide bonds. The predicted molar refractivity (Wildman–Crippen MR) is 123 cm³/mol. The van der Waals surface area contributed by atoms with Crippen LogP contribution >= 0.6 is 11.6 Å². The minimum absolute atomic E-state index is 0.267. The van der Waals surface area contributed by atoms with Crippen LogP contribution in [0.5, 0.6) is 0 Å². The van der Waals surface area contributed by atoms with E-state index in [1.165, 1.54) is 44.2 Å². The number of guanidine groups is 1. The lowest BCUT2D eigenvalue weighted by atomic mass is 10.0. The van der Waals surface area contributed by atoms with E-state index in [9.17, 15) is 0 Å². The number of halogens is 1. The third-order valence-corrected chi connectivity index (χ3v) is 7.08. The normalized spacial score (nSPS) is 25.5. The first-order valence-electron chi connectivity index (χ1n) is 11.5. The summed E-state index contributed by atoms with van der Waals surface area (Å²) < 4.78 is 5.57. The maximum atomic E-state index is 6.12. The number of hydrogen-bond acceptors (Lipinski definition) is 4. The molecule has 1 aromatic carbocycles. The Bertz CT molecular complexity index is 685. The van der Waals surface area contributed by atoms with Crippen LogP contribution in [0.2, 0.25) is 5.02 Å². The Morgan fingerprint density at radius 2 is 1.87 bits per heavy atom. The molecule has 1 aliphatic carbocycles. The second-order valence-corrected chi connectivity index (χ2v) is 9.17. The minimum Gasteiger partial charge on any atom is -0.379 e. The number of hydrogen-bond donors (Lipinski definition) is 2. The summed E-state index contributed by atoms with van der Waals surface area (Å²) in [5.74, 6) is 0.903. The van der Waals surface area contributed by atoms with Crippen molar-refractivity contribution in [1.82, 2.24) is 20.4 Å². The quantitative estimate of drug-likeness (QED) is 0.533. The van der Waals surface area contributed by atoms with E-state index in [1.807, 2.05) is 19.2 Å². The Morgan fingerprint density at radius 1 is 1.13 bits per heavy atom. The van der Waals surface area contributed by atoms with Crippen LogP contribution in [-0.4, -0.2) is 80.8 Å². The van der Waals surface area contributed by atoms with E-state index in [0.29, 0.717) is 6.04 Å². The highest BCUT2D eigenvalue weighted by Gasteiger charge is 2.30. The first-order chi connectivity index (χ1) is 14.7. The van der Waals surface area contributed by atoms with Gasteiger partial charge < -0.3 is 15.4 Å². The Morgan fingerprint density at radius 3 is 2.57 bits per heavy atom. The lowest BCUT2D eigenvalue weighted by Crippen LogP contribution is -2.49. The number of nitrogens with one attached hydrogen (secondary N) is 2. The maximum Gasteiger partial charge on any atom is 0.191 e. The van der Waals surface area contributed by atoms with Crippen molar-refractivity contribution < 1.29 is 4.74 Å². The lowest BCUT2D eigenvalue weighted by molar-refractivity contribution is 0.0170. The molecule has 3 aliphatic rings. The molecule has 1 aromatic rings. The van der Waals surface area contributed by atoms with Crippen LogP contribution in [0.15, 0.2) is 29.3 Å². The molecule has 2 atom stereocenters. The van der Waals surface area contributed by atoms with Gasteiger partial charge in [-0.25, -0.2) is 0 Å². The van der Waals surface area contributed by atoms with Crippen LogP contribution in [0.4, 0.5) is 0 Å². The zero-order valence-electron chi connectivity index (χ0n) is 18.2. The van der Waals surface area contributed by atoms with Crippen molar-refractivity contribution in [2.75, 3.05) is 53.0 Å². The second kappa shape index (κ2) is 10.8. The molecule has 3 fully saturated rings. The van der Waals surface area contributed by atoms with Crippen LogP contribution in [0.1, 0.15) is 43.7 Å². The molecule has 1 saturated carbocycles. The topological polar surface area (TPSA) is 52.1 Å². The van der Waals surface area contributed by atoms with Crippen LogP contribution in [-0.2, 0) is 4.74 Å². The number of rotatable bonds is 6. The molecule has 2 heterocycles. The third kappa shape index (κ3) is 5.67. The molecule has 0 spiro atoms. The summed E-state index contributed by atoms with van der Waals surface area (Å²) in [7, 11) is 1.87. The van der Waals surface area contributed by atoms with Crippen LogP contribution in [0.25, 0.3) is 0 Å². The van der Waals surface area contributed by atoms with Crippen molar-refractivity contribution >= 4 is 17.6 Å². The average molecular weight is 434 g/mol. The maximum absolute atomic E-state index is 6.12. The van der Waals surface area contributed by atoms with E-state index in [-0.39, 0.29) is 6.04 Å². The van der Waals surface area contributed by atoms with Crippen molar-refractivity contribution in [1.29, 1.82) is 0 Å². The van der Waals surface area contributed by atoms with Gasteiger partial charge in [-0.15, -0.1) is 0 Å². The summed E-state index contributed by atoms with van der Waals surface area (Å²) in [6.07, 6.45) is 6.75. The highest BCUT2D eigenvalue weighted by molar-refractivity contribution is 6.30. The van der Waals surface area contributed by atoms with E-state index in [1.54, 1.807) is 0 Å². The fraction of sp³-hybridized carbons (Fsp3) is 0.696. The van der Waals surface area contributed by atoms with Gasteiger partial charge in [0.15, 0.2) is 5.96 Å². The average Bonchev–Trinajstić information content (AvgIpc) is 3.47. The molecular formula is C23H36ClN5O. The van der Waals surface area contributed by atoms with E-state index >= 15 is 0 Å². The second-order valence-electron chi connectivity index (χ2n) is 8.73. The Hall–Kier alpha value is -1.34. The highest BCUT2D eigenvalue weighted by atomic mass is 35.5. The van der Waals surface area contributed by atoms with Crippen LogP contribution < -0.4 is 10.6 Å². The highest BCUT2D eigenvalue weighted by Crippen LogP contribution is 2.26. The van der Waals surface area contributed by atoms with Gasteiger partial charge >= 0.3 is 0 Å². The standard InChI is InChI=1S/C23H36ClN5O/c1-25-23(27-20-10-11-29(17-20)21-4-2-3-5-21)26-16-22(28-12-14-30-15-13-28)18-6-8-19(24)9-7-18/h6-9,20-22H,2-5,10-17H2,1H3,(H2,25,26,27). The predicted octanol–water partition coefficient (Wildman–Crippen LogP) is 2.90. The molecule has 7 heteroatoms. The van der Waals surface area contributed by atoms with Gasteiger partial charge in [-0.05, 0) is 37.0 Å².